The summed E-state index contributed by atoms with van der Waals surface area (Å²) in [5.74, 6) is 0.802. The number of para-hydroxylation sites is 1. The van der Waals surface area contributed by atoms with Crippen molar-refractivity contribution in [3.63, 3.8) is 0 Å². The average Bonchev–Trinajstić information content (AvgIpc) is 2.43. The Bertz CT molecular complexity index is 411. The standard InChI is InChI=1S/C15H22ClNO2/c1-18-12-5-3-6-13(10-12)19-15-11(8-9-17)4-2-7-14(15)16/h2,4,7,12-13H,3,5-6,8-10,17H2,1H3. The van der Waals surface area contributed by atoms with Crippen molar-refractivity contribution in [2.75, 3.05) is 13.7 Å². The lowest BCUT2D eigenvalue weighted by molar-refractivity contribution is 0.0207. The van der Waals surface area contributed by atoms with Crippen molar-refractivity contribution in [2.45, 2.75) is 44.3 Å². The third-order valence-electron chi connectivity index (χ3n) is 3.66. The van der Waals surface area contributed by atoms with Crippen molar-refractivity contribution < 1.29 is 9.47 Å². The van der Waals surface area contributed by atoms with Gasteiger partial charge in [-0.2, -0.15) is 0 Å². The van der Waals surface area contributed by atoms with Crippen LogP contribution in [-0.4, -0.2) is 25.9 Å². The first-order valence-corrected chi connectivity index (χ1v) is 7.29. The van der Waals surface area contributed by atoms with E-state index in [2.05, 4.69) is 0 Å². The molecule has 0 saturated heterocycles. The Morgan fingerprint density at radius 3 is 2.84 bits per heavy atom. The molecule has 2 atom stereocenters. The fourth-order valence-electron chi connectivity index (χ4n) is 2.63. The third-order valence-corrected chi connectivity index (χ3v) is 3.96. The molecule has 0 heterocycles. The zero-order valence-electron chi connectivity index (χ0n) is 11.4. The van der Waals surface area contributed by atoms with E-state index >= 15 is 0 Å². The Labute approximate surface area is 120 Å². The van der Waals surface area contributed by atoms with Gasteiger partial charge in [-0.25, -0.2) is 0 Å². The Morgan fingerprint density at radius 2 is 2.11 bits per heavy atom. The van der Waals surface area contributed by atoms with Crippen molar-refractivity contribution >= 4 is 11.6 Å². The molecular weight excluding hydrogens is 262 g/mol. The van der Waals surface area contributed by atoms with Gasteiger partial charge >= 0.3 is 0 Å². The zero-order valence-corrected chi connectivity index (χ0v) is 12.2. The SMILES string of the molecule is COC1CCCC(Oc2c(Cl)cccc2CCN)C1. The van der Waals surface area contributed by atoms with Gasteiger partial charge < -0.3 is 15.2 Å². The second-order valence-corrected chi connectivity index (χ2v) is 5.44. The largest absolute Gasteiger partial charge is 0.488 e. The minimum absolute atomic E-state index is 0.190. The summed E-state index contributed by atoms with van der Waals surface area (Å²) in [5.41, 5.74) is 6.73. The van der Waals surface area contributed by atoms with E-state index in [1.54, 1.807) is 7.11 Å². The molecule has 2 N–H and O–H groups in total. The Hall–Kier alpha value is -0.770. The van der Waals surface area contributed by atoms with Crippen LogP contribution in [0.4, 0.5) is 0 Å². The molecule has 1 aliphatic rings. The smallest absolute Gasteiger partial charge is 0.141 e. The van der Waals surface area contributed by atoms with Gasteiger partial charge in [0.25, 0.3) is 0 Å². The number of hydrogen-bond acceptors (Lipinski definition) is 3. The number of halogens is 1. The predicted octanol–water partition coefficient (Wildman–Crippen LogP) is 3.18. The highest BCUT2D eigenvalue weighted by Crippen LogP contribution is 2.33. The van der Waals surface area contributed by atoms with Gasteiger partial charge in [-0.3, -0.25) is 0 Å². The number of ether oxygens (including phenoxy) is 2. The van der Waals surface area contributed by atoms with Crippen molar-refractivity contribution in [1.82, 2.24) is 0 Å². The fourth-order valence-corrected chi connectivity index (χ4v) is 2.87. The third kappa shape index (κ3) is 3.85. The van der Waals surface area contributed by atoms with E-state index in [-0.39, 0.29) is 6.10 Å². The van der Waals surface area contributed by atoms with Crippen molar-refractivity contribution in [2.24, 2.45) is 5.73 Å². The molecule has 2 rings (SSSR count). The number of methoxy groups -OCH3 is 1. The van der Waals surface area contributed by atoms with Crippen LogP contribution in [0.25, 0.3) is 0 Å². The van der Waals surface area contributed by atoms with Gasteiger partial charge in [0.05, 0.1) is 11.1 Å². The van der Waals surface area contributed by atoms with Crippen LogP contribution < -0.4 is 10.5 Å². The lowest BCUT2D eigenvalue weighted by atomic mass is 9.95. The van der Waals surface area contributed by atoms with Crippen LogP contribution in [0.1, 0.15) is 31.2 Å². The highest BCUT2D eigenvalue weighted by atomic mass is 35.5. The summed E-state index contributed by atoms with van der Waals surface area (Å²) in [6.07, 6.45) is 5.54. The second kappa shape index (κ2) is 7.13. The molecule has 4 heteroatoms. The lowest BCUT2D eigenvalue weighted by Crippen LogP contribution is -2.29. The summed E-state index contributed by atoms with van der Waals surface area (Å²) in [7, 11) is 1.77. The van der Waals surface area contributed by atoms with Gasteiger partial charge in [0.2, 0.25) is 0 Å². The van der Waals surface area contributed by atoms with Crippen LogP contribution in [0, 0.1) is 0 Å². The molecule has 0 spiro atoms. The van der Waals surface area contributed by atoms with Gasteiger partial charge in [0.15, 0.2) is 0 Å². The molecule has 0 bridgehead atoms. The van der Waals surface area contributed by atoms with E-state index in [0.29, 0.717) is 17.7 Å². The van der Waals surface area contributed by atoms with E-state index in [4.69, 9.17) is 26.8 Å². The van der Waals surface area contributed by atoms with Crippen LogP contribution in [0.15, 0.2) is 18.2 Å². The maximum absolute atomic E-state index is 6.26. The molecule has 1 aromatic carbocycles. The zero-order chi connectivity index (χ0) is 13.7. The molecule has 1 fully saturated rings. The van der Waals surface area contributed by atoms with E-state index < -0.39 is 0 Å². The minimum Gasteiger partial charge on any atom is -0.488 e. The number of rotatable bonds is 5. The molecule has 0 aromatic heterocycles. The molecule has 1 saturated carbocycles. The number of benzene rings is 1. The topological polar surface area (TPSA) is 44.5 Å². The summed E-state index contributed by atoms with van der Waals surface area (Å²) in [4.78, 5) is 0. The molecule has 19 heavy (non-hydrogen) atoms. The lowest BCUT2D eigenvalue weighted by Gasteiger charge is -2.29. The van der Waals surface area contributed by atoms with Crippen LogP contribution in [0.3, 0.4) is 0 Å². The van der Waals surface area contributed by atoms with E-state index in [0.717, 1.165) is 43.4 Å². The summed E-state index contributed by atoms with van der Waals surface area (Å²) < 4.78 is 11.6. The monoisotopic (exact) mass is 283 g/mol. The summed E-state index contributed by atoms with van der Waals surface area (Å²) >= 11 is 6.26. The molecule has 0 amide bonds. The second-order valence-electron chi connectivity index (χ2n) is 5.03. The Kier molecular flexibility index (Phi) is 5.49. The van der Waals surface area contributed by atoms with Crippen LogP contribution in [0.2, 0.25) is 5.02 Å². The van der Waals surface area contributed by atoms with Gasteiger partial charge in [0, 0.05) is 13.5 Å². The normalized spacial score (nSPS) is 23.3. The van der Waals surface area contributed by atoms with Crippen molar-refractivity contribution in [3.05, 3.63) is 28.8 Å². The minimum atomic E-state index is 0.190. The van der Waals surface area contributed by atoms with Crippen LogP contribution in [0.5, 0.6) is 5.75 Å². The highest BCUT2D eigenvalue weighted by molar-refractivity contribution is 6.32. The average molecular weight is 284 g/mol. The molecule has 0 radical (unpaired) electrons. The Morgan fingerprint density at radius 1 is 1.32 bits per heavy atom. The fraction of sp³-hybridized carbons (Fsp3) is 0.600. The number of nitrogens with two attached hydrogens (primary N) is 1. The molecule has 106 valence electrons. The predicted molar refractivity (Wildman–Crippen MR) is 77.9 cm³/mol. The van der Waals surface area contributed by atoms with Crippen molar-refractivity contribution in [1.29, 1.82) is 0 Å². The van der Waals surface area contributed by atoms with Crippen LogP contribution >= 0.6 is 11.6 Å². The molecule has 1 aromatic rings. The summed E-state index contributed by atoms with van der Waals surface area (Å²) in [6, 6.07) is 5.84. The van der Waals surface area contributed by atoms with Crippen LogP contribution in [-0.2, 0) is 11.2 Å². The maximum Gasteiger partial charge on any atom is 0.141 e. The first kappa shape index (κ1) is 14.6. The molecular formula is C15H22ClNO2. The van der Waals surface area contributed by atoms with E-state index in [1.165, 1.54) is 0 Å². The van der Waals surface area contributed by atoms with E-state index in [1.807, 2.05) is 18.2 Å². The van der Waals surface area contributed by atoms with Gasteiger partial charge in [-0.05, 0) is 43.9 Å². The molecule has 3 nitrogen and oxygen atoms in total. The van der Waals surface area contributed by atoms with Crippen molar-refractivity contribution in [3.8, 4) is 5.75 Å². The Balaban J connectivity index is 2.09. The molecule has 0 aliphatic heterocycles. The summed E-state index contributed by atoms with van der Waals surface area (Å²) in [5, 5.41) is 0.672. The van der Waals surface area contributed by atoms with E-state index in [9.17, 15) is 0 Å². The van der Waals surface area contributed by atoms with Gasteiger partial charge in [0.1, 0.15) is 11.9 Å². The number of hydrogen-bond donors (Lipinski definition) is 1. The molecule has 1 aliphatic carbocycles. The maximum atomic E-state index is 6.26. The van der Waals surface area contributed by atoms with Gasteiger partial charge in [-0.15, -0.1) is 0 Å². The first-order chi connectivity index (χ1) is 9.24. The summed E-state index contributed by atoms with van der Waals surface area (Å²) in [6.45, 7) is 0.599. The van der Waals surface area contributed by atoms with Gasteiger partial charge in [-0.1, -0.05) is 23.7 Å². The first-order valence-electron chi connectivity index (χ1n) is 6.91. The quantitative estimate of drug-likeness (QED) is 0.903. The highest BCUT2D eigenvalue weighted by Gasteiger charge is 2.24. The molecule has 2 unspecified atom stereocenters.